The highest BCUT2D eigenvalue weighted by Crippen LogP contribution is 2.41. The van der Waals surface area contributed by atoms with Gasteiger partial charge in [-0.3, -0.25) is 0 Å². The van der Waals surface area contributed by atoms with Crippen LogP contribution in [0.3, 0.4) is 0 Å². The zero-order valence-corrected chi connectivity index (χ0v) is 15.9. The lowest BCUT2D eigenvalue weighted by atomic mass is 9.74. The lowest BCUT2D eigenvalue weighted by Crippen LogP contribution is -2.33. The number of fused-ring (bicyclic) bond motifs is 1. The molecule has 0 fully saturated rings. The average Bonchev–Trinajstić information content (AvgIpc) is 2.99. The topological polar surface area (TPSA) is 15.8 Å². The van der Waals surface area contributed by atoms with Crippen molar-refractivity contribution in [2.45, 2.75) is 45.2 Å². The Balaban J connectivity index is 1.91. The van der Waals surface area contributed by atoms with Crippen LogP contribution >= 0.6 is 0 Å². The van der Waals surface area contributed by atoms with Crippen LogP contribution < -0.4 is 0 Å². The average molecular weight is 395 g/mol. The number of rotatable bonds is 5. The number of aromatic nitrogens is 1. The van der Waals surface area contributed by atoms with Crippen LogP contribution in [-0.4, -0.2) is 11.2 Å². The fourth-order valence-electron chi connectivity index (χ4n) is 3.91. The minimum Gasteiger partial charge on any atom is -0.356 e. The Kier molecular flexibility index (Phi) is 5.26. The monoisotopic (exact) mass is 395 g/mol. The minimum atomic E-state index is -4.44. The van der Waals surface area contributed by atoms with E-state index in [1.165, 1.54) is 24.3 Å². The highest BCUT2D eigenvalue weighted by Gasteiger charge is 2.43. The first-order valence-corrected chi connectivity index (χ1v) is 9.07. The van der Waals surface area contributed by atoms with Gasteiger partial charge in [-0.25, -0.2) is 8.78 Å². The summed E-state index contributed by atoms with van der Waals surface area (Å²) in [5, 5.41) is 0.538. The molecule has 0 aliphatic heterocycles. The third-order valence-electron chi connectivity index (χ3n) is 5.28. The van der Waals surface area contributed by atoms with Crippen LogP contribution in [-0.2, 0) is 11.8 Å². The summed E-state index contributed by atoms with van der Waals surface area (Å²) in [4.78, 5) is 2.78. The highest BCUT2D eigenvalue weighted by molar-refractivity contribution is 5.80. The van der Waals surface area contributed by atoms with Gasteiger partial charge in [-0.2, -0.15) is 13.2 Å². The lowest BCUT2D eigenvalue weighted by Gasteiger charge is -2.32. The summed E-state index contributed by atoms with van der Waals surface area (Å²) in [5.41, 5.74) is 0.959. The number of aryl methyl sites for hydroxylation is 1. The minimum absolute atomic E-state index is 0.207. The molecule has 3 aromatic rings. The van der Waals surface area contributed by atoms with Crippen molar-refractivity contribution in [2.24, 2.45) is 5.92 Å². The summed E-state index contributed by atoms with van der Waals surface area (Å²) in [6.07, 6.45) is -4.94. The maximum Gasteiger partial charge on any atom is 0.392 e. The molecule has 0 saturated carbocycles. The molecule has 1 atom stereocenters. The summed E-state index contributed by atoms with van der Waals surface area (Å²) in [6, 6.07) is 10.2. The summed E-state index contributed by atoms with van der Waals surface area (Å²) in [7, 11) is 0. The molecule has 0 spiro atoms. The maximum absolute atomic E-state index is 13.9. The predicted molar refractivity (Wildman–Crippen MR) is 100 cm³/mol. The molecule has 28 heavy (non-hydrogen) atoms. The zero-order chi connectivity index (χ0) is 20.7. The van der Waals surface area contributed by atoms with Gasteiger partial charge >= 0.3 is 6.18 Å². The molecule has 2 aromatic carbocycles. The molecule has 0 radical (unpaired) electrons. The largest absolute Gasteiger partial charge is 0.392 e. The molecule has 1 unspecified atom stereocenters. The molecule has 0 amide bonds. The predicted octanol–water partition coefficient (Wildman–Crippen LogP) is 6.84. The molecule has 0 aliphatic rings. The molecule has 1 N–H and O–H groups in total. The smallest absolute Gasteiger partial charge is 0.356 e. The van der Waals surface area contributed by atoms with Gasteiger partial charge in [-0.05, 0) is 60.6 Å². The van der Waals surface area contributed by atoms with Crippen molar-refractivity contribution in [3.05, 3.63) is 70.9 Å². The van der Waals surface area contributed by atoms with E-state index in [9.17, 15) is 22.0 Å². The SMILES string of the molecule is Cc1ccc(F)cc1C(C)(C)CC(Cc1cc2cccc(F)c2[nH]1)C(F)(F)F. The van der Waals surface area contributed by atoms with E-state index in [1.54, 1.807) is 39.0 Å². The molecule has 1 aromatic heterocycles. The van der Waals surface area contributed by atoms with E-state index in [0.29, 0.717) is 16.6 Å². The van der Waals surface area contributed by atoms with E-state index in [1.807, 2.05) is 0 Å². The molecule has 6 heteroatoms. The quantitative estimate of drug-likeness (QED) is 0.455. The van der Waals surface area contributed by atoms with Crippen LogP contribution in [0.4, 0.5) is 22.0 Å². The Morgan fingerprint density at radius 1 is 1.00 bits per heavy atom. The number of hydrogen-bond acceptors (Lipinski definition) is 0. The molecule has 1 heterocycles. The molecular formula is C22H22F5N. The molecule has 3 rings (SSSR count). The maximum atomic E-state index is 13.9. The lowest BCUT2D eigenvalue weighted by molar-refractivity contribution is -0.179. The molecule has 0 aliphatic carbocycles. The second-order valence-electron chi connectivity index (χ2n) is 7.99. The first kappa shape index (κ1) is 20.4. The van der Waals surface area contributed by atoms with Crippen molar-refractivity contribution >= 4 is 10.9 Å². The Hall–Kier alpha value is -2.37. The van der Waals surface area contributed by atoms with Gasteiger partial charge in [0.1, 0.15) is 11.6 Å². The number of para-hydroxylation sites is 1. The Bertz CT molecular complexity index is 984. The van der Waals surface area contributed by atoms with Crippen molar-refractivity contribution in [3.63, 3.8) is 0 Å². The third kappa shape index (κ3) is 4.21. The zero-order valence-electron chi connectivity index (χ0n) is 15.9. The normalized spacial score (nSPS) is 13.9. The number of aromatic amines is 1. The number of H-pyrrole nitrogens is 1. The number of benzene rings is 2. The number of halogens is 5. The van der Waals surface area contributed by atoms with Gasteiger partial charge in [0.25, 0.3) is 0 Å². The summed E-state index contributed by atoms with van der Waals surface area (Å²) >= 11 is 0. The standard InChI is InChI=1S/C22H22F5N/c1-13-7-8-16(23)11-18(13)21(2,3)12-15(22(25,26)27)10-17-9-14-5-4-6-19(24)20(14)28-17/h4-9,11,15,28H,10,12H2,1-3H3. The first-order valence-electron chi connectivity index (χ1n) is 9.07. The van der Waals surface area contributed by atoms with E-state index in [-0.39, 0.29) is 18.4 Å². The van der Waals surface area contributed by atoms with Crippen molar-refractivity contribution in [2.75, 3.05) is 0 Å². The molecular weight excluding hydrogens is 373 g/mol. The summed E-state index contributed by atoms with van der Waals surface area (Å²) in [6.45, 7) is 5.15. The van der Waals surface area contributed by atoms with Gasteiger partial charge in [0.2, 0.25) is 0 Å². The third-order valence-corrected chi connectivity index (χ3v) is 5.28. The van der Waals surface area contributed by atoms with Gasteiger partial charge in [0.15, 0.2) is 0 Å². The highest BCUT2D eigenvalue weighted by atomic mass is 19.4. The van der Waals surface area contributed by atoms with E-state index in [2.05, 4.69) is 4.98 Å². The van der Waals surface area contributed by atoms with Crippen LogP contribution in [0, 0.1) is 24.5 Å². The van der Waals surface area contributed by atoms with E-state index in [0.717, 1.165) is 5.56 Å². The van der Waals surface area contributed by atoms with E-state index >= 15 is 0 Å². The fourth-order valence-corrected chi connectivity index (χ4v) is 3.91. The van der Waals surface area contributed by atoms with Crippen molar-refractivity contribution < 1.29 is 22.0 Å². The molecule has 0 saturated heterocycles. The molecule has 150 valence electrons. The van der Waals surface area contributed by atoms with Crippen LogP contribution in [0.5, 0.6) is 0 Å². The van der Waals surface area contributed by atoms with Crippen molar-refractivity contribution in [1.29, 1.82) is 0 Å². The van der Waals surface area contributed by atoms with Gasteiger partial charge < -0.3 is 4.98 Å². The summed E-state index contributed by atoms with van der Waals surface area (Å²) in [5.74, 6) is -2.62. The Morgan fingerprint density at radius 3 is 2.36 bits per heavy atom. The van der Waals surface area contributed by atoms with Crippen LogP contribution in [0.25, 0.3) is 10.9 Å². The Morgan fingerprint density at radius 2 is 1.71 bits per heavy atom. The molecule has 1 nitrogen and oxygen atoms in total. The van der Waals surface area contributed by atoms with Gasteiger partial charge in [0.05, 0.1) is 11.4 Å². The summed E-state index contributed by atoms with van der Waals surface area (Å²) < 4.78 is 69.0. The number of alkyl halides is 3. The van der Waals surface area contributed by atoms with Gasteiger partial charge in [-0.15, -0.1) is 0 Å². The van der Waals surface area contributed by atoms with Gasteiger partial charge in [0, 0.05) is 11.1 Å². The van der Waals surface area contributed by atoms with Crippen LogP contribution in [0.15, 0.2) is 42.5 Å². The van der Waals surface area contributed by atoms with Crippen molar-refractivity contribution in [1.82, 2.24) is 4.98 Å². The van der Waals surface area contributed by atoms with Crippen molar-refractivity contribution in [3.8, 4) is 0 Å². The van der Waals surface area contributed by atoms with Crippen LogP contribution in [0.1, 0.15) is 37.1 Å². The van der Waals surface area contributed by atoms with E-state index < -0.39 is 29.1 Å². The van der Waals surface area contributed by atoms with Crippen LogP contribution in [0.2, 0.25) is 0 Å². The Labute approximate surface area is 160 Å². The molecule has 0 bridgehead atoms. The first-order chi connectivity index (χ1) is 13.0. The second kappa shape index (κ2) is 7.22. The fraction of sp³-hybridized carbons (Fsp3) is 0.364. The number of hydrogen-bond donors (Lipinski definition) is 1. The number of nitrogens with one attached hydrogen (secondary N) is 1. The van der Waals surface area contributed by atoms with E-state index in [4.69, 9.17) is 0 Å². The second-order valence-corrected chi connectivity index (χ2v) is 7.99. The van der Waals surface area contributed by atoms with Gasteiger partial charge in [-0.1, -0.05) is 32.0 Å².